The molecule has 0 saturated carbocycles. The van der Waals surface area contributed by atoms with Gasteiger partial charge in [0.1, 0.15) is 12.7 Å². The van der Waals surface area contributed by atoms with Crippen LogP contribution in [0.3, 0.4) is 0 Å². The molecule has 1 N–H and O–H groups in total. The van der Waals surface area contributed by atoms with Crippen molar-refractivity contribution >= 4 is 0 Å². The van der Waals surface area contributed by atoms with E-state index in [2.05, 4.69) is 40.9 Å². The predicted molar refractivity (Wildman–Crippen MR) is 128 cm³/mol. The van der Waals surface area contributed by atoms with E-state index in [-0.39, 0.29) is 6.61 Å². The minimum atomic E-state index is -0.520. The van der Waals surface area contributed by atoms with E-state index in [1.165, 1.54) is 24.8 Å². The van der Waals surface area contributed by atoms with Crippen LogP contribution in [0.25, 0.3) is 0 Å². The Hall–Kier alpha value is -1.38. The monoisotopic (exact) mass is 449 g/mol. The highest BCUT2D eigenvalue weighted by Gasteiger charge is 2.18. The van der Waals surface area contributed by atoms with E-state index in [1.54, 1.807) is 7.11 Å². The summed E-state index contributed by atoms with van der Waals surface area (Å²) in [5.74, 6) is 2.20. The molecule has 0 spiro atoms. The number of aliphatic hydroxyl groups excluding tert-OH is 1. The van der Waals surface area contributed by atoms with E-state index in [0.29, 0.717) is 18.0 Å². The SMILES string of the molecule is COc1ccc(CN(C)CCC2CCOCC2)cc1OCC(O)CN1CCCN(C)CC1. The van der Waals surface area contributed by atoms with Crippen molar-refractivity contribution in [1.82, 2.24) is 14.7 Å². The third-order valence-corrected chi connectivity index (χ3v) is 6.65. The van der Waals surface area contributed by atoms with Crippen LogP contribution in [0.2, 0.25) is 0 Å². The van der Waals surface area contributed by atoms with Gasteiger partial charge in [-0.15, -0.1) is 0 Å². The summed E-state index contributed by atoms with van der Waals surface area (Å²) in [5.41, 5.74) is 1.19. The Morgan fingerprint density at radius 1 is 1.16 bits per heavy atom. The van der Waals surface area contributed by atoms with Crippen molar-refractivity contribution < 1.29 is 19.3 Å². The number of benzene rings is 1. The minimum Gasteiger partial charge on any atom is -0.493 e. The van der Waals surface area contributed by atoms with E-state index in [4.69, 9.17) is 14.2 Å². The van der Waals surface area contributed by atoms with Crippen LogP contribution in [0.4, 0.5) is 0 Å². The summed E-state index contributed by atoms with van der Waals surface area (Å²) >= 11 is 0. The summed E-state index contributed by atoms with van der Waals surface area (Å²) in [6.07, 6.45) is 4.21. The molecule has 7 nitrogen and oxygen atoms in total. The van der Waals surface area contributed by atoms with Crippen molar-refractivity contribution in [2.45, 2.75) is 38.3 Å². The van der Waals surface area contributed by atoms with E-state index >= 15 is 0 Å². The zero-order valence-corrected chi connectivity index (χ0v) is 20.3. The molecule has 0 amide bonds. The first-order valence-electron chi connectivity index (χ1n) is 12.2. The third-order valence-electron chi connectivity index (χ3n) is 6.65. The first kappa shape index (κ1) is 25.2. The van der Waals surface area contributed by atoms with Crippen LogP contribution < -0.4 is 9.47 Å². The van der Waals surface area contributed by atoms with Crippen molar-refractivity contribution in [3.8, 4) is 11.5 Å². The van der Waals surface area contributed by atoms with Gasteiger partial charge in [-0.3, -0.25) is 4.90 Å². The number of ether oxygens (including phenoxy) is 3. The van der Waals surface area contributed by atoms with Crippen LogP contribution in [0.1, 0.15) is 31.2 Å². The molecule has 1 aromatic rings. The van der Waals surface area contributed by atoms with Crippen LogP contribution in [-0.2, 0) is 11.3 Å². The molecule has 7 heteroatoms. The molecule has 0 aromatic heterocycles. The summed E-state index contributed by atoms with van der Waals surface area (Å²) in [6, 6.07) is 6.12. The Labute approximate surface area is 194 Å². The molecule has 0 aliphatic carbocycles. The van der Waals surface area contributed by atoms with Gasteiger partial charge >= 0.3 is 0 Å². The molecule has 32 heavy (non-hydrogen) atoms. The molecule has 2 aliphatic rings. The number of nitrogens with zero attached hydrogens (tertiary/aromatic N) is 3. The fourth-order valence-corrected chi connectivity index (χ4v) is 4.58. The number of hydrogen-bond donors (Lipinski definition) is 1. The van der Waals surface area contributed by atoms with Crippen molar-refractivity contribution in [3.63, 3.8) is 0 Å². The summed E-state index contributed by atoms with van der Waals surface area (Å²) in [4.78, 5) is 7.05. The van der Waals surface area contributed by atoms with Crippen LogP contribution >= 0.6 is 0 Å². The van der Waals surface area contributed by atoms with Gasteiger partial charge in [-0.05, 0) is 83.0 Å². The molecule has 0 radical (unpaired) electrons. The third kappa shape index (κ3) is 8.52. The average Bonchev–Trinajstić information content (AvgIpc) is 3.01. The predicted octanol–water partition coefficient (Wildman–Crippen LogP) is 2.32. The molecule has 3 rings (SSSR count). The largest absolute Gasteiger partial charge is 0.493 e. The Kier molecular flexibility index (Phi) is 10.5. The highest BCUT2D eigenvalue weighted by atomic mass is 16.5. The summed E-state index contributed by atoms with van der Waals surface area (Å²) in [7, 11) is 5.99. The maximum atomic E-state index is 10.6. The fraction of sp³-hybridized carbons (Fsp3) is 0.760. The highest BCUT2D eigenvalue weighted by Crippen LogP contribution is 2.29. The van der Waals surface area contributed by atoms with Gasteiger partial charge in [0.05, 0.1) is 7.11 Å². The molecule has 1 aromatic carbocycles. The quantitative estimate of drug-likeness (QED) is 0.556. The van der Waals surface area contributed by atoms with Gasteiger partial charge in [-0.25, -0.2) is 0 Å². The van der Waals surface area contributed by atoms with Crippen LogP contribution in [0.5, 0.6) is 11.5 Å². The maximum absolute atomic E-state index is 10.6. The zero-order chi connectivity index (χ0) is 22.8. The first-order valence-corrected chi connectivity index (χ1v) is 12.2. The Morgan fingerprint density at radius 3 is 2.75 bits per heavy atom. The van der Waals surface area contributed by atoms with Crippen LogP contribution in [-0.4, -0.2) is 106 Å². The normalized spacial score (nSPS) is 20.3. The van der Waals surface area contributed by atoms with Crippen LogP contribution in [0, 0.1) is 5.92 Å². The van der Waals surface area contributed by atoms with E-state index in [0.717, 1.165) is 64.8 Å². The molecule has 1 atom stereocenters. The molecule has 2 heterocycles. The van der Waals surface area contributed by atoms with Crippen molar-refractivity contribution in [2.75, 3.05) is 80.3 Å². The van der Waals surface area contributed by atoms with Gasteiger partial charge < -0.3 is 29.1 Å². The molecular weight excluding hydrogens is 406 g/mol. The van der Waals surface area contributed by atoms with E-state index < -0.39 is 6.10 Å². The van der Waals surface area contributed by atoms with E-state index in [9.17, 15) is 5.11 Å². The Morgan fingerprint density at radius 2 is 1.97 bits per heavy atom. The smallest absolute Gasteiger partial charge is 0.161 e. The zero-order valence-electron chi connectivity index (χ0n) is 20.3. The number of aliphatic hydroxyl groups is 1. The number of rotatable bonds is 11. The van der Waals surface area contributed by atoms with Gasteiger partial charge in [-0.1, -0.05) is 6.07 Å². The van der Waals surface area contributed by atoms with Gasteiger partial charge in [0.25, 0.3) is 0 Å². The molecule has 2 saturated heterocycles. The Bertz CT molecular complexity index is 669. The standard InChI is InChI=1S/C25H43N3O4/c1-26-10-4-11-28(14-13-26)19-23(29)20-32-25-17-22(5-6-24(25)30-3)18-27(2)12-7-21-8-15-31-16-9-21/h5-6,17,21,23,29H,4,7-16,18-20H2,1-3H3. The lowest BCUT2D eigenvalue weighted by Crippen LogP contribution is -2.37. The fourth-order valence-electron chi connectivity index (χ4n) is 4.58. The average molecular weight is 450 g/mol. The van der Waals surface area contributed by atoms with Gasteiger partial charge in [0.15, 0.2) is 11.5 Å². The second-order valence-corrected chi connectivity index (χ2v) is 9.49. The minimum absolute atomic E-state index is 0.270. The Balaban J connectivity index is 1.46. The summed E-state index contributed by atoms with van der Waals surface area (Å²) in [6.45, 7) is 8.87. The van der Waals surface area contributed by atoms with Crippen molar-refractivity contribution in [3.05, 3.63) is 23.8 Å². The van der Waals surface area contributed by atoms with Crippen molar-refractivity contribution in [1.29, 1.82) is 0 Å². The molecule has 2 fully saturated rings. The van der Waals surface area contributed by atoms with Gasteiger partial charge in [-0.2, -0.15) is 0 Å². The van der Waals surface area contributed by atoms with Gasteiger partial charge in [0.2, 0.25) is 0 Å². The van der Waals surface area contributed by atoms with Crippen LogP contribution in [0.15, 0.2) is 18.2 Å². The summed E-state index contributed by atoms with van der Waals surface area (Å²) < 4.78 is 17.0. The lowest BCUT2D eigenvalue weighted by atomic mass is 9.96. The van der Waals surface area contributed by atoms with Gasteiger partial charge in [0, 0.05) is 39.4 Å². The molecule has 1 unspecified atom stereocenters. The number of likely N-dealkylation sites (N-methyl/N-ethyl adjacent to an activating group) is 1. The van der Waals surface area contributed by atoms with Crippen molar-refractivity contribution in [2.24, 2.45) is 5.92 Å². The first-order chi connectivity index (χ1) is 15.5. The van der Waals surface area contributed by atoms with E-state index in [1.807, 2.05) is 6.07 Å². The molecule has 182 valence electrons. The highest BCUT2D eigenvalue weighted by molar-refractivity contribution is 5.43. The number of β-amino-alcohol motifs (C(OH)–C–C–N with tert-alkyl or cyclic N) is 1. The molecular formula is C25H43N3O4. The number of hydrogen-bond acceptors (Lipinski definition) is 7. The topological polar surface area (TPSA) is 57.6 Å². The lowest BCUT2D eigenvalue weighted by Gasteiger charge is -2.25. The second kappa shape index (κ2) is 13.4. The second-order valence-electron chi connectivity index (χ2n) is 9.49. The molecule has 0 bridgehead atoms. The number of methoxy groups -OCH3 is 1. The lowest BCUT2D eigenvalue weighted by molar-refractivity contribution is 0.0608. The summed E-state index contributed by atoms with van der Waals surface area (Å²) in [5, 5.41) is 10.6. The maximum Gasteiger partial charge on any atom is 0.161 e. The molecule has 2 aliphatic heterocycles.